The van der Waals surface area contributed by atoms with Gasteiger partial charge in [-0.3, -0.25) is 14.4 Å². The van der Waals surface area contributed by atoms with Gasteiger partial charge in [-0.15, -0.1) is 11.8 Å². The Kier molecular flexibility index (Phi) is 10.8. The van der Waals surface area contributed by atoms with Crippen molar-refractivity contribution in [3.63, 3.8) is 0 Å². The number of ether oxygens (including phenoxy) is 1. The molecule has 1 aromatic heterocycles. The highest BCUT2D eigenvalue weighted by Crippen LogP contribution is 2.22. The number of hydrogen-bond acceptors (Lipinski definition) is 6. The van der Waals surface area contributed by atoms with Gasteiger partial charge in [-0.2, -0.15) is 0 Å². The standard InChI is InChI=1S/C32H31N3O5S/c1-2-3-19-39-26-15-11-24(12-16-26)33-30(36)22-41-28-17-13-25(14-18-28)34-32(38)29(21-27-10-7-20-40-27)35-31(37)23-8-5-4-6-9-23/h4-18,20-21H,2-3,19,22H2,1H3,(H,33,36)(H,34,38)(H,35,37)/b29-21-. The first-order valence-corrected chi connectivity index (χ1v) is 14.2. The Bertz CT molecular complexity index is 1450. The molecule has 0 aliphatic rings. The molecule has 8 nitrogen and oxygen atoms in total. The maximum absolute atomic E-state index is 13.1. The van der Waals surface area contributed by atoms with E-state index in [2.05, 4.69) is 22.9 Å². The van der Waals surface area contributed by atoms with Crippen molar-refractivity contribution < 1.29 is 23.5 Å². The Morgan fingerprint density at radius 2 is 1.56 bits per heavy atom. The molecule has 3 amide bonds. The number of anilines is 2. The summed E-state index contributed by atoms with van der Waals surface area (Å²) in [6.07, 6.45) is 5.02. The molecule has 210 valence electrons. The van der Waals surface area contributed by atoms with Crippen molar-refractivity contribution in [2.75, 3.05) is 23.0 Å². The summed E-state index contributed by atoms with van der Waals surface area (Å²) in [5.41, 5.74) is 1.69. The zero-order chi connectivity index (χ0) is 28.9. The molecule has 0 atom stereocenters. The van der Waals surface area contributed by atoms with Crippen molar-refractivity contribution in [2.45, 2.75) is 24.7 Å². The summed E-state index contributed by atoms with van der Waals surface area (Å²) in [4.78, 5) is 39.0. The molecule has 0 spiro atoms. The van der Waals surface area contributed by atoms with E-state index >= 15 is 0 Å². The molecule has 4 rings (SSSR count). The van der Waals surface area contributed by atoms with E-state index in [4.69, 9.17) is 9.15 Å². The summed E-state index contributed by atoms with van der Waals surface area (Å²) in [5, 5.41) is 8.34. The summed E-state index contributed by atoms with van der Waals surface area (Å²) in [6.45, 7) is 2.79. The second-order valence-corrected chi connectivity index (χ2v) is 9.98. The molecule has 4 aromatic rings. The first kappa shape index (κ1) is 29.2. The summed E-state index contributed by atoms with van der Waals surface area (Å²) in [5.74, 6) is 0.369. The lowest BCUT2D eigenvalue weighted by atomic mass is 10.2. The molecular formula is C32H31N3O5S. The fourth-order valence-corrected chi connectivity index (χ4v) is 4.30. The molecule has 0 bridgehead atoms. The first-order chi connectivity index (χ1) is 20.0. The third-order valence-electron chi connectivity index (χ3n) is 5.75. The second-order valence-electron chi connectivity index (χ2n) is 8.94. The molecular weight excluding hydrogens is 538 g/mol. The molecule has 0 aliphatic heterocycles. The predicted octanol–water partition coefficient (Wildman–Crippen LogP) is 6.60. The smallest absolute Gasteiger partial charge is 0.272 e. The summed E-state index contributed by atoms with van der Waals surface area (Å²) >= 11 is 1.38. The molecule has 3 N–H and O–H groups in total. The van der Waals surface area contributed by atoms with E-state index < -0.39 is 11.8 Å². The van der Waals surface area contributed by atoms with Crippen LogP contribution in [0.3, 0.4) is 0 Å². The van der Waals surface area contributed by atoms with Crippen LogP contribution in [0, 0.1) is 0 Å². The Hall–Kier alpha value is -4.76. The van der Waals surface area contributed by atoms with Crippen molar-refractivity contribution in [2.24, 2.45) is 0 Å². The summed E-state index contributed by atoms with van der Waals surface area (Å²) in [7, 11) is 0. The Balaban J connectivity index is 1.30. The highest BCUT2D eigenvalue weighted by atomic mass is 32.2. The minimum Gasteiger partial charge on any atom is -0.494 e. The van der Waals surface area contributed by atoms with E-state index in [-0.39, 0.29) is 17.4 Å². The molecule has 9 heteroatoms. The number of thioether (sulfide) groups is 1. The number of unbranched alkanes of at least 4 members (excludes halogenated alkanes) is 1. The lowest BCUT2D eigenvalue weighted by Crippen LogP contribution is -2.30. The number of amides is 3. The largest absolute Gasteiger partial charge is 0.494 e. The van der Waals surface area contributed by atoms with Crippen LogP contribution in [0.4, 0.5) is 11.4 Å². The molecule has 0 saturated carbocycles. The number of nitrogens with one attached hydrogen (secondary N) is 3. The van der Waals surface area contributed by atoms with Crippen LogP contribution in [0.15, 0.2) is 112 Å². The Morgan fingerprint density at radius 3 is 2.24 bits per heavy atom. The number of carbonyl (C=O) groups excluding carboxylic acids is 3. The average Bonchev–Trinajstić information content (AvgIpc) is 3.51. The number of benzene rings is 3. The van der Waals surface area contributed by atoms with Crippen molar-refractivity contribution in [1.29, 1.82) is 0 Å². The fraction of sp³-hybridized carbons (Fsp3) is 0.156. The molecule has 0 saturated heterocycles. The Labute approximate surface area is 243 Å². The van der Waals surface area contributed by atoms with E-state index in [1.807, 2.05) is 36.4 Å². The van der Waals surface area contributed by atoms with Gasteiger partial charge < -0.3 is 25.1 Å². The average molecular weight is 570 g/mol. The third-order valence-corrected chi connectivity index (χ3v) is 6.76. The summed E-state index contributed by atoms with van der Waals surface area (Å²) < 4.78 is 11.0. The zero-order valence-electron chi connectivity index (χ0n) is 22.6. The Morgan fingerprint density at radius 1 is 0.854 bits per heavy atom. The van der Waals surface area contributed by atoms with Crippen LogP contribution in [-0.2, 0) is 9.59 Å². The predicted molar refractivity (Wildman–Crippen MR) is 162 cm³/mol. The van der Waals surface area contributed by atoms with Gasteiger partial charge >= 0.3 is 0 Å². The van der Waals surface area contributed by atoms with Gasteiger partial charge in [-0.1, -0.05) is 31.5 Å². The van der Waals surface area contributed by atoms with Gasteiger partial charge in [0.05, 0.1) is 18.6 Å². The van der Waals surface area contributed by atoms with E-state index in [1.54, 1.807) is 54.6 Å². The number of hydrogen-bond donors (Lipinski definition) is 3. The maximum Gasteiger partial charge on any atom is 0.272 e. The van der Waals surface area contributed by atoms with Gasteiger partial charge in [0, 0.05) is 27.9 Å². The lowest BCUT2D eigenvalue weighted by molar-refractivity contribution is -0.114. The number of furan rings is 1. The topological polar surface area (TPSA) is 110 Å². The van der Waals surface area contributed by atoms with Crippen LogP contribution >= 0.6 is 11.8 Å². The molecule has 3 aromatic carbocycles. The minimum atomic E-state index is -0.507. The van der Waals surface area contributed by atoms with E-state index in [1.165, 1.54) is 24.1 Å². The van der Waals surface area contributed by atoms with Crippen LogP contribution in [-0.4, -0.2) is 30.1 Å². The number of carbonyl (C=O) groups is 3. The van der Waals surface area contributed by atoms with Crippen LogP contribution in [0.5, 0.6) is 5.75 Å². The molecule has 41 heavy (non-hydrogen) atoms. The normalized spacial score (nSPS) is 11.0. The van der Waals surface area contributed by atoms with Crippen LogP contribution in [0.1, 0.15) is 35.9 Å². The highest BCUT2D eigenvalue weighted by molar-refractivity contribution is 8.00. The quantitative estimate of drug-likeness (QED) is 0.0951. The van der Waals surface area contributed by atoms with E-state index in [9.17, 15) is 14.4 Å². The second kappa shape index (κ2) is 15.1. The highest BCUT2D eigenvalue weighted by Gasteiger charge is 2.16. The van der Waals surface area contributed by atoms with Gasteiger partial charge in [0.25, 0.3) is 11.8 Å². The molecule has 0 unspecified atom stereocenters. The molecule has 0 fully saturated rings. The minimum absolute atomic E-state index is 0.0319. The van der Waals surface area contributed by atoms with Crippen LogP contribution in [0.2, 0.25) is 0 Å². The van der Waals surface area contributed by atoms with E-state index in [0.717, 1.165) is 23.5 Å². The van der Waals surface area contributed by atoms with Crippen LogP contribution in [0.25, 0.3) is 6.08 Å². The molecule has 0 aliphatic carbocycles. The maximum atomic E-state index is 13.1. The zero-order valence-corrected chi connectivity index (χ0v) is 23.4. The molecule has 1 heterocycles. The van der Waals surface area contributed by atoms with Gasteiger partial charge in [0.1, 0.15) is 17.2 Å². The fourth-order valence-electron chi connectivity index (χ4n) is 3.61. The first-order valence-electron chi connectivity index (χ1n) is 13.2. The van der Waals surface area contributed by atoms with Crippen molar-refractivity contribution >= 4 is 46.9 Å². The SMILES string of the molecule is CCCCOc1ccc(NC(=O)CSc2ccc(NC(=O)/C(=C/c3ccco3)NC(=O)c3ccccc3)cc2)cc1. The van der Waals surface area contributed by atoms with Gasteiger partial charge in [0.15, 0.2) is 0 Å². The van der Waals surface area contributed by atoms with E-state index in [0.29, 0.717) is 29.3 Å². The number of rotatable bonds is 13. The van der Waals surface area contributed by atoms with Crippen molar-refractivity contribution in [3.8, 4) is 5.75 Å². The van der Waals surface area contributed by atoms with Crippen molar-refractivity contribution in [3.05, 3.63) is 114 Å². The van der Waals surface area contributed by atoms with Gasteiger partial charge in [-0.25, -0.2) is 0 Å². The van der Waals surface area contributed by atoms with Gasteiger partial charge in [0.2, 0.25) is 5.91 Å². The van der Waals surface area contributed by atoms with Gasteiger partial charge in [-0.05, 0) is 79.2 Å². The molecule has 0 radical (unpaired) electrons. The summed E-state index contributed by atoms with van der Waals surface area (Å²) in [6, 6.07) is 26.4. The lowest BCUT2D eigenvalue weighted by Gasteiger charge is -2.11. The monoisotopic (exact) mass is 569 g/mol. The third kappa shape index (κ3) is 9.44. The van der Waals surface area contributed by atoms with Crippen LogP contribution < -0.4 is 20.7 Å². The van der Waals surface area contributed by atoms with Crippen molar-refractivity contribution in [1.82, 2.24) is 5.32 Å².